The van der Waals surface area contributed by atoms with E-state index in [0.717, 1.165) is 19.3 Å². The Kier molecular flexibility index (Phi) is 7.62. The number of esters is 1. The Morgan fingerprint density at radius 3 is 2.60 bits per heavy atom. The third kappa shape index (κ3) is 6.90. The molecule has 0 spiro atoms. The Balaban J connectivity index is 3.89. The first-order valence-corrected chi connectivity index (χ1v) is 5.21. The lowest BCUT2D eigenvalue weighted by molar-refractivity contribution is -0.143. The summed E-state index contributed by atoms with van der Waals surface area (Å²) in [5.41, 5.74) is 4.99. The predicted molar refractivity (Wildman–Crippen MR) is 57.1 cm³/mol. The highest BCUT2D eigenvalue weighted by Crippen LogP contribution is 2.02. The number of hydrogen-bond donors (Lipinski definition) is 2. The molecule has 88 valence electrons. The molecule has 15 heavy (non-hydrogen) atoms. The molecule has 1 unspecified atom stereocenters. The minimum Gasteiger partial charge on any atom is -0.468 e. The van der Waals surface area contributed by atoms with Crippen molar-refractivity contribution in [2.45, 2.75) is 38.6 Å². The summed E-state index contributed by atoms with van der Waals surface area (Å²) in [5, 5.41) is 2.96. The summed E-state index contributed by atoms with van der Waals surface area (Å²) in [6.07, 6.45) is 2.93. The molecule has 0 aliphatic rings. The molecule has 0 aromatic rings. The average molecular weight is 216 g/mol. The van der Waals surface area contributed by atoms with E-state index in [1.807, 2.05) is 0 Å². The van der Waals surface area contributed by atoms with Crippen LogP contribution < -0.4 is 11.1 Å². The number of ether oxygens (including phenoxy) is 1. The van der Waals surface area contributed by atoms with Crippen molar-refractivity contribution >= 4 is 11.9 Å². The number of carbonyl (C=O) groups is 2. The second-order valence-electron chi connectivity index (χ2n) is 3.39. The van der Waals surface area contributed by atoms with Crippen LogP contribution in [0, 0.1) is 0 Å². The molecule has 0 bridgehead atoms. The van der Waals surface area contributed by atoms with E-state index < -0.39 is 0 Å². The number of unbranched alkanes of at least 4 members (excludes halogenated alkanes) is 1. The quantitative estimate of drug-likeness (QED) is 0.567. The molecule has 5 heteroatoms. The first kappa shape index (κ1) is 13.9. The molecule has 3 N–H and O–H groups in total. The van der Waals surface area contributed by atoms with Crippen LogP contribution >= 0.6 is 0 Å². The van der Waals surface area contributed by atoms with Gasteiger partial charge >= 0.3 is 5.97 Å². The zero-order chi connectivity index (χ0) is 11.7. The second-order valence-corrected chi connectivity index (χ2v) is 3.39. The van der Waals surface area contributed by atoms with Gasteiger partial charge in [-0.15, -0.1) is 0 Å². The molecule has 1 amide bonds. The molecule has 0 aliphatic carbocycles. The Hall–Kier alpha value is -1.10. The summed E-state index contributed by atoms with van der Waals surface area (Å²) >= 11 is 0. The summed E-state index contributed by atoms with van der Waals surface area (Å²) in [6, 6.07) is -0.325. The van der Waals surface area contributed by atoms with Gasteiger partial charge in [0.05, 0.1) is 7.11 Å². The number of hydrogen-bond acceptors (Lipinski definition) is 4. The van der Waals surface area contributed by atoms with Crippen LogP contribution in [0.25, 0.3) is 0 Å². The van der Waals surface area contributed by atoms with E-state index in [-0.39, 0.29) is 24.3 Å². The number of nitrogens with one attached hydrogen (secondary N) is 1. The van der Waals surface area contributed by atoms with Crippen molar-refractivity contribution in [1.82, 2.24) is 5.32 Å². The summed E-state index contributed by atoms with van der Waals surface area (Å²) in [7, 11) is 1.36. The highest BCUT2D eigenvalue weighted by Gasteiger charge is 2.17. The van der Waals surface area contributed by atoms with Crippen LogP contribution in [0.2, 0.25) is 0 Å². The van der Waals surface area contributed by atoms with E-state index in [4.69, 9.17) is 5.73 Å². The molecule has 1 atom stereocenters. The smallest absolute Gasteiger partial charge is 0.322 e. The van der Waals surface area contributed by atoms with E-state index in [1.165, 1.54) is 7.11 Å². The normalized spacial score (nSPS) is 12.1. The number of carbonyl (C=O) groups excluding carboxylic acids is 2. The van der Waals surface area contributed by atoms with Gasteiger partial charge < -0.3 is 15.8 Å². The van der Waals surface area contributed by atoms with Crippen molar-refractivity contribution in [3.8, 4) is 0 Å². The van der Waals surface area contributed by atoms with E-state index in [9.17, 15) is 9.59 Å². The largest absolute Gasteiger partial charge is 0.468 e. The Morgan fingerprint density at radius 2 is 2.13 bits per heavy atom. The molecule has 0 rings (SSSR count). The van der Waals surface area contributed by atoms with Gasteiger partial charge in [0.15, 0.2) is 0 Å². The molecule has 0 saturated carbocycles. The van der Waals surface area contributed by atoms with Crippen molar-refractivity contribution in [1.29, 1.82) is 0 Å². The summed E-state index contributed by atoms with van der Waals surface area (Å²) < 4.78 is 4.65. The Bertz CT molecular complexity index is 207. The van der Waals surface area contributed by atoms with Crippen LogP contribution in [-0.4, -0.2) is 31.6 Å². The molecule has 0 heterocycles. The van der Waals surface area contributed by atoms with Crippen molar-refractivity contribution < 1.29 is 14.3 Å². The van der Waals surface area contributed by atoms with Crippen molar-refractivity contribution in [3.63, 3.8) is 0 Å². The average Bonchev–Trinajstić information content (AvgIpc) is 2.21. The fourth-order valence-electron chi connectivity index (χ4n) is 1.22. The Morgan fingerprint density at radius 1 is 1.47 bits per heavy atom. The van der Waals surface area contributed by atoms with Gasteiger partial charge in [0.1, 0.15) is 6.04 Å². The number of primary amides is 1. The second kappa shape index (κ2) is 8.23. The monoisotopic (exact) mass is 216 g/mol. The highest BCUT2D eigenvalue weighted by molar-refractivity contribution is 5.76. The third-order valence-corrected chi connectivity index (χ3v) is 2.09. The van der Waals surface area contributed by atoms with Gasteiger partial charge in [-0.3, -0.25) is 9.59 Å². The fraction of sp³-hybridized carbons (Fsp3) is 0.800. The lowest BCUT2D eigenvalue weighted by Crippen LogP contribution is -2.39. The third-order valence-electron chi connectivity index (χ3n) is 2.09. The summed E-state index contributed by atoms with van der Waals surface area (Å²) in [5.74, 6) is -0.658. The minimum atomic E-state index is -0.374. The lowest BCUT2D eigenvalue weighted by Gasteiger charge is -2.15. The first-order valence-electron chi connectivity index (χ1n) is 5.21. The first-order chi connectivity index (χ1) is 7.11. The van der Waals surface area contributed by atoms with Gasteiger partial charge in [0.25, 0.3) is 0 Å². The molecular formula is C10H20N2O3. The van der Waals surface area contributed by atoms with Crippen LogP contribution in [0.4, 0.5) is 0 Å². The van der Waals surface area contributed by atoms with Crippen molar-refractivity contribution in [3.05, 3.63) is 0 Å². The zero-order valence-corrected chi connectivity index (χ0v) is 9.41. The maximum atomic E-state index is 11.3. The van der Waals surface area contributed by atoms with Crippen LogP contribution in [0.15, 0.2) is 0 Å². The highest BCUT2D eigenvalue weighted by atomic mass is 16.5. The van der Waals surface area contributed by atoms with Crippen LogP contribution in [-0.2, 0) is 14.3 Å². The van der Waals surface area contributed by atoms with Crippen molar-refractivity contribution in [2.24, 2.45) is 5.73 Å². The maximum absolute atomic E-state index is 11.3. The van der Waals surface area contributed by atoms with Gasteiger partial charge in [0, 0.05) is 13.0 Å². The molecule has 0 radical (unpaired) electrons. The van der Waals surface area contributed by atoms with E-state index >= 15 is 0 Å². The molecule has 5 nitrogen and oxygen atoms in total. The topological polar surface area (TPSA) is 81.4 Å². The number of methoxy groups -OCH3 is 1. The van der Waals surface area contributed by atoms with Crippen molar-refractivity contribution in [2.75, 3.05) is 13.7 Å². The van der Waals surface area contributed by atoms with Gasteiger partial charge in [-0.2, -0.15) is 0 Å². The van der Waals surface area contributed by atoms with Crippen LogP contribution in [0.1, 0.15) is 32.6 Å². The zero-order valence-electron chi connectivity index (χ0n) is 9.41. The SMILES string of the molecule is CCCCC(NCCC(N)=O)C(=O)OC. The minimum absolute atomic E-state index is 0.236. The Labute approximate surface area is 90.4 Å². The fourth-order valence-corrected chi connectivity index (χ4v) is 1.22. The maximum Gasteiger partial charge on any atom is 0.322 e. The van der Waals surface area contributed by atoms with E-state index in [1.54, 1.807) is 0 Å². The predicted octanol–water partition coefficient (Wildman–Crippen LogP) is 0.183. The number of rotatable bonds is 8. The van der Waals surface area contributed by atoms with E-state index in [0.29, 0.717) is 6.54 Å². The molecule has 0 saturated heterocycles. The molecule has 0 fully saturated rings. The lowest BCUT2D eigenvalue weighted by atomic mass is 10.1. The van der Waals surface area contributed by atoms with E-state index in [2.05, 4.69) is 17.0 Å². The van der Waals surface area contributed by atoms with Crippen LogP contribution in [0.3, 0.4) is 0 Å². The van der Waals surface area contributed by atoms with Gasteiger partial charge in [-0.25, -0.2) is 0 Å². The number of amides is 1. The number of nitrogens with two attached hydrogens (primary N) is 1. The van der Waals surface area contributed by atoms with Crippen LogP contribution in [0.5, 0.6) is 0 Å². The molecule has 0 aliphatic heterocycles. The van der Waals surface area contributed by atoms with Gasteiger partial charge in [0.2, 0.25) is 5.91 Å². The standard InChI is InChI=1S/C10H20N2O3/c1-3-4-5-8(10(14)15-2)12-7-6-9(11)13/h8,12H,3-7H2,1-2H3,(H2,11,13). The summed E-state index contributed by atoms with van der Waals surface area (Å²) in [6.45, 7) is 2.47. The molecular weight excluding hydrogens is 196 g/mol. The molecule has 0 aromatic carbocycles. The van der Waals surface area contributed by atoms with Gasteiger partial charge in [-0.05, 0) is 6.42 Å². The summed E-state index contributed by atoms with van der Waals surface area (Å²) in [4.78, 5) is 21.8. The molecule has 0 aromatic heterocycles. The van der Waals surface area contributed by atoms with Gasteiger partial charge in [-0.1, -0.05) is 19.8 Å².